The molecule has 0 aliphatic carbocycles. The lowest BCUT2D eigenvalue weighted by Crippen LogP contribution is -2.41. The Bertz CT molecular complexity index is 788. The van der Waals surface area contributed by atoms with Gasteiger partial charge < -0.3 is 16.0 Å². The van der Waals surface area contributed by atoms with Crippen LogP contribution in [0.25, 0.3) is 0 Å². The van der Waals surface area contributed by atoms with Crippen molar-refractivity contribution in [3.8, 4) is 0 Å². The van der Waals surface area contributed by atoms with Crippen LogP contribution in [-0.2, 0) is 6.42 Å². The van der Waals surface area contributed by atoms with E-state index in [0.29, 0.717) is 54.7 Å². The van der Waals surface area contributed by atoms with Gasteiger partial charge in [0.25, 0.3) is 5.91 Å². The van der Waals surface area contributed by atoms with Gasteiger partial charge in [0.1, 0.15) is 5.82 Å². The molecule has 3 N–H and O–H groups in total. The van der Waals surface area contributed by atoms with Crippen molar-refractivity contribution in [2.45, 2.75) is 13.3 Å². The number of carbonyl (C=O) groups is 1. The van der Waals surface area contributed by atoms with Gasteiger partial charge in [0.2, 0.25) is 0 Å². The van der Waals surface area contributed by atoms with Gasteiger partial charge in [-0.3, -0.25) is 9.79 Å². The third-order valence-electron chi connectivity index (χ3n) is 3.77. The third-order valence-corrected chi connectivity index (χ3v) is 4.10. The van der Waals surface area contributed by atoms with E-state index in [1.807, 2.05) is 13.0 Å². The van der Waals surface area contributed by atoms with Crippen molar-refractivity contribution in [3.63, 3.8) is 0 Å². The van der Waals surface area contributed by atoms with Crippen LogP contribution < -0.4 is 16.0 Å². The van der Waals surface area contributed by atoms with Crippen LogP contribution >= 0.6 is 35.6 Å². The van der Waals surface area contributed by atoms with E-state index in [9.17, 15) is 9.18 Å². The first-order valence-corrected chi connectivity index (χ1v) is 9.28. The summed E-state index contributed by atoms with van der Waals surface area (Å²) in [5.74, 6) is 0.192. The summed E-state index contributed by atoms with van der Waals surface area (Å²) >= 11 is 6.01. The molecule has 1 amide bonds. The lowest BCUT2D eigenvalue weighted by atomic mass is 10.1. The SMILES string of the molecule is CCNC(=NCCc1ccccc1F)NCCNC(=O)c1ccccc1Cl.I. The minimum absolute atomic E-state index is 0. The van der Waals surface area contributed by atoms with Gasteiger partial charge in [-0.2, -0.15) is 0 Å². The van der Waals surface area contributed by atoms with Gasteiger partial charge in [0.15, 0.2) is 5.96 Å². The lowest BCUT2D eigenvalue weighted by molar-refractivity contribution is 0.0954. The minimum atomic E-state index is -0.219. The Balaban J connectivity index is 0.00000392. The van der Waals surface area contributed by atoms with E-state index in [1.54, 1.807) is 36.4 Å². The summed E-state index contributed by atoms with van der Waals surface area (Å²) in [7, 11) is 0. The third kappa shape index (κ3) is 8.02. The number of halogens is 3. The van der Waals surface area contributed by atoms with Crippen molar-refractivity contribution in [1.82, 2.24) is 16.0 Å². The van der Waals surface area contributed by atoms with Gasteiger partial charge in [-0.15, -0.1) is 24.0 Å². The topological polar surface area (TPSA) is 65.5 Å². The molecular weight excluding hydrogens is 494 g/mol. The second kappa shape index (κ2) is 13.3. The summed E-state index contributed by atoms with van der Waals surface area (Å²) < 4.78 is 13.6. The van der Waals surface area contributed by atoms with Crippen LogP contribution in [0, 0.1) is 5.82 Å². The van der Waals surface area contributed by atoms with Crippen LogP contribution in [0.15, 0.2) is 53.5 Å². The van der Waals surface area contributed by atoms with Gasteiger partial charge >= 0.3 is 0 Å². The molecule has 0 atom stereocenters. The highest BCUT2D eigenvalue weighted by atomic mass is 127. The fourth-order valence-corrected chi connectivity index (χ4v) is 2.65. The van der Waals surface area contributed by atoms with Crippen LogP contribution in [0.1, 0.15) is 22.8 Å². The molecule has 28 heavy (non-hydrogen) atoms. The zero-order valence-electron chi connectivity index (χ0n) is 15.7. The standard InChI is InChI=1S/C20H24ClFN4O.HI/c1-2-23-20(25-12-11-15-7-3-6-10-18(15)22)26-14-13-24-19(27)16-8-4-5-9-17(16)21;/h3-10H,2,11-14H2,1H3,(H,24,27)(H2,23,25,26);1H. The molecular formula is C20H25ClFIN4O. The van der Waals surface area contributed by atoms with E-state index in [0.717, 1.165) is 0 Å². The molecule has 0 heterocycles. The molecule has 0 fully saturated rings. The van der Waals surface area contributed by atoms with Crippen molar-refractivity contribution >= 4 is 47.4 Å². The zero-order chi connectivity index (χ0) is 19.5. The lowest BCUT2D eigenvalue weighted by Gasteiger charge is -2.12. The van der Waals surface area contributed by atoms with Crippen LogP contribution in [0.4, 0.5) is 4.39 Å². The second-order valence-corrected chi connectivity index (χ2v) is 6.17. The van der Waals surface area contributed by atoms with E-state index in [2.05, 4.69) is 20.9 Å². The second-order valence-electron chi connectivity index (χ2n) is 5.76. The number of amides is 1. The number of hydrogen-bond donors (Lipinski definition) is 3. The average molecular weight is 519 g/mol. The predicted molar refractivity (Wildman–Crippen MR) is 123 cm³/mol. The molecule has 0 aromatic heterocycles. The zero-order valence-corrected chi connectivity index (χ0v) is 18.8. The summed E-state index contributed by atoms with van der Waals surface area (Å²) in [5.41, 5.74) is 1.09. The highest BCUT2D eigenvalue weighted by Crippen LogP contribution is 2.14. The van der Waals surface area contributed by atoms with Gasteiger partial charge in [-0.25, -0.2) is 4.39 Å². The first-order valence-electron chi connectivity index (χ1n) is 8.90. The Morgan fingerprint density at radius 3 is 2.43 bits per heavy atom. The number of aliphatic imine (C=N–C) groups is 1. The Morgan fingerprint density at radius 2 is 1.71 bits per heavy atom. The van der Waals surface area contributed by atoms with Gasteiger partial charge in [-0.05, 0) is 37.1 Å². The maximum Gasteiger partial charge on any atom is 0.252 e. The van der Waals surface area contributed by atoms with E-state index >= 15 is 0 Å². The molecule has 0 bridgehead atoms. The summed E-state index contributed by atoms with van der Waals surface area (Å²) in [6.07, 6.45) is 0.520. The number of rotatable bonds is 8. The molecule has 0 saturated carbocycles. The molecule has 5 nitrogen and oxygen atoms in total. The number of nitrogens with zero attached hydrogens (tertiary/aromatic N) is 1. The summed E-state index contributed by atoms with van der Waals surface area (Å²) in [6, 6.07) is 13.6. The van der Waals surface area contributed by atoms with Crippen molar-refractivity contribution in [1.29, 1.82) is 0 Å². The molecule has 152 valence electrons. The molecule has 0 spiro atoms. The van der Waals surface area contributed by atoms with Gasteiger partial charge in [0.05, 0.1) is 10.6 Å². The molecule has 2 rings (SSSR count). The smallest absolute Gasteiger partial charge is 0.252 e. The fraction of sp³-hybridized carbons (Fsp3) is 0.300. The molecule has 0 saturated heterocycles. The molecule has 0 unspecified atom stereocenters. The summed E-state index contributed by atoms with van der Waals surface area (Å²) in [6.45, 7) is 4.05. The van der Waals surface area contributed by atoms with Crippen LogP contribution in [0.2, 0.25) is 5.02 Å². The highest BCUT2D eigenvalue weighted by molar-refractivity contribution is 14.0. The quantitative estimate of drug-likeness (QED) is 0.216. The van der Waals surface area contributed by atoms with E-state index in [1.165, 1.54) is 6.07 Å². The van der Waals surface area contributed by atoms with Gasteiger partial charge in [0, 0.05) is 26.2 Å². The fourth-order valence-electron chi connectivity index (χ4n) is 2.43. The van der Waals surface area contributed by atoms with E-state index in [-0.39, 0.29) is 35.7 Å². The first kappa shape index (κ1) is 24.2. The Kier molecular flexibility index (Phi) is 11.5. The molecule has 0 radical (unpaired) electrons. The number of nitrogens with one attached hydrogen (secondary N) is 3. The van der Waals surface area contributed by atoms with Crippen LogP contribution in [0.5, 0.6) is 0 Å². The van der Waals surface area contributed by atoms with Crippen molar-refractivity contribution in [2.24, 2.45) is 4.99 Å². The normalized spacial score (nSPS) is 10.8. The Labute approximate surface area is 187 Å². The first-order chi connectivity index (χ1) is 13.1. The number of guanidine groups is 1. The maximum absolute atomic E-state index is 13.6. The van der Waals surface area contributed by atoms with Crippen LogP contribution in [-0.4, -0.2) is 38.0 Å². The van der Waals surface area contributed by atoms with Crippen molar-refractivity contribution in [3.05, 3.63) is 70.5 Å². The van der Waals surface area contributed by atoms with E-state index < -0.39 is 0 Å². The Hall–Kier alpha value is -1.87. The number of hydrogen-bond acceptors (Lipinski definition) is 2. The monoisotopic (exact) mass is 518 g/mol. The summed E-state index contributed by atoms with van der Waals surface area (Å²) in [4.78, 5) is 16.5. The van der Waals surface area contributed by atoms with E-state index in [4.69, 9.17) is 11.6 Å². The molecule has 0 aliphatic rings. The largest absolute Gasteiger partial charge is 0.357 e. The van der Waals surface area contributed by atoms with Gasteiger partial charge in [-0.1, -0.05) is 41.9 Å². The molecule has 2 aromatic rings. The highest BCUT2D eigenvalue weighted by Gasteiger charge is 2.08. The van der Waals surface area contributed by atoms with Crippen molar-refractivity contribution < 1.29 is 9.18 Å². The number of benzene rings is 2. The number of carbonyl (C=O) groups excluding carboxylic acids is 1. The van der Waals surface area contributed by atoms with Crippen LogP contribution in [0.3, 0.4) is 0 Å². The van der Waals surface area contributed by atoms with Crippen molar-refractivity contribution in [2.75, 3.05) is 26.2 Å². The predicted octanol–water partition coefficient (Wildman–Crippen LogP) is 3.62. The minimum Gasteiger partial charge on any atom is -0.357 e. The Morgan fingerprint density at radius 1 is 1.04 bits per heavy atom. The maximum atomic E-state index is 13.6. The molecule has 2 aromatic carbocycles. The summed E-state index contributed by atoms with van der Waals surface area (Å²) in [5, 5.41) is 9.49. The molecule has 8 heteroatoms. The average Bonchev–Trinajstić information content (AvgIpc) is 2.67. The molecule has 0 aliphatic heterocycles.